The Bertz CT molecular complexity index is 160. The summed E-state index contributed by atoms with van der Waals surface area (Å²) in [5.41, 5.74) is 0. The van der Waals surface area contributed by atoms with Gasteiger partial charge in [0.05, 0.1) is 0 Å². The van der Waals surface area contributed by atoms with E-state index in [4.69, 9.17) is 9.47 Å². The van der Waals surface area contributed by atoms with Gasteiger partial charge in [-0.15, -0.1) is 0 Å². The van der Waals surface area contributed by atoms with Crippen LogP contribution >= 0.6 is 0 Å². The number of rotatable bonds is 14. The molecule has 2 nitrogen and oxygen atoms in total. The van der Waals surface area contributed by atoms with Crippen molar-refractivity contribution in [2.45, 2.75) is 97.7 Å². The molecule has 0 N–H and O–H groups in total. The molecule has 0 heterocycles. The second kappa shape index (κ2) is 12.9. The van der Waals surface area contributed by atoms with E-state index in [2.05, 4.69) is 27.7 Å². The van der Waals surface area contributed by atoms with Gasteiger partial charge in [-0.2, -0.15) is 0 Å². The molecular weight excluding hydrogens is 236 g/mol. The van der Waals surface area contributed by atoms with Gasteiger partial charge in [0.25, 0.3) is 0 Å². The fourth-order valence-corrected chi connectivity index (χ4v) is 2.62. The fourth-order valence-electron chi connectivity index (χ4n) is 2.62. The zero-order chi connectivity index (χ0) is 14.4. The average molecular weight is 272 g/mol. The second-order valence-electron chi connectivity index (χ2n) is 5.40. The van der Waals surface area contributed by atoms with Crippen LogP contribution in [0.25, 0.3) is 0 Å². The summed E-state index contributed by atoms with van der Waals surface area (Å²) in [5, 5.41) is 0. The van der Waals surface area contributed by atoms with Gasteiger partial charge in [0.15, 0.2) is 5.79 Å². The summed E-state index contributed by atoms with van der Waals surface area (Å²) in [6.07, 6.45) is 12.4. The summed E-state index contributed by atoms with van der Waals surface area (Å²) in [4.78, 5) is 0. The zero-order valence-electron chi connectivity index (χ0n) is 13.8. The summed E-state index contributed by atoms with van der Waals surface area (Å²) < 4.78 is 12.0. The van der Waals surface area contributed by atoms with Crippen LogP contribution in [0, 0.1) is 0 Å². The highest BCUT2D eigenvalue weighted by molar-refractivity contribution is 4.71. The van der Waals surface area contributed by atoms with E-state index in [-0.39, 0.29) is 5.79 Å². The Kier molecular flexibility index (Phi) is 12.9. The standard InChI is InChI=1S/C17H36O2/c1-5-9-11-13-15-17(18-7-3,19-8-4)16-14-12-10-6-2/h5-16H2,1-4H3. The van der Waals surface area contributed by atoms with Crippen molar-refractivity contribution in [1.82, 2.24) is 0 Å². The van der Waals surface area contributed by atoms with Gasteiger partial charge in [-0.05, 0) is 26.7 Å². The zero-order valence-corrected chi connectivity index (χ0v) is 13.8. The highest BCUT2D eigenvalue weighted by Crippen LogP contribution is 2.28. The minimum absolute atomic E-state index is 0.301. The maximum atomic E-state index is 6.01. The van der Waals surface area contributed by atoms with Crippen LogP contribution in [0.1, 0.15) is 91.9 Å². The highest BCUT2D eigenvalue weighted by Gasteiger charge is 2.29. The van der Waals surface area contributed by atoms with Crippen molar-refractivity contribution >= 4 is 0 Å². The Morgan fingerprint density at radius 1 is 0.579 bits per heavy atom. The average Bonchev–Trinajstić information content (AvgIpc) is 2.41. The number of unbranched alkanes of at least 4 members (excludes halogenated alkanes) is 6. The van der Waals surface area contributed by atoms with Gasteiger partial charge >= 0.3 is 0 Å². The Balaban J connectivity index is 4.22. The van der Waals surface area contributed by atoms with Crippen molar-refractivity contribution in [3.05, 3.63) is 0 Å². The van der Waals surface area contributed by atoms with Crippen LogP contribution in [0.3, 0.4) is 0 Å². The maximum Gasteiger partial charge on any atom is 0.168 e. The van der Waals surface area contributed by atoms with Crippen molar-refractivity contribution in [2.75, 3.05) is 13.2 Å². The topological polar surface area (TPSA) is 18.5 Å². The van der Waals surface area contributed by atoms with Crippen molar-refractivity contribution in [2.24, 2.45) is 0 Å². The summed E-state index contributed by atoms with van der Waals surface area (Å²) in [6.45, 7) is 10.2. The SMILES string of the molecule is CCCCCCC(CCCCCC)(OCC)OCC. The minimum Gasteiger partial charge on any atom is -0.350 e. The normalized spacial score (nSPS) is 12.0. The Morgan fingerprint density at radius 3 is 1.32 bits per heavy atom. The molecular formula is C17H36O2. The molecule has 0 aromatic carbocycles. The van der Waals surface area contributed by atoms with E-state index in [0.29, 0.717) is 0 Å². The lowest BCUT2D eigenvalue weighted by atomic mass is 9.99. The van der Waals surface area contributed by atoms with Crippen LogP contribution in [0.4, 0.5) is 0 Å². The first kappa shape index (κ1) is 18.9. The van der Waals surface area contributed by atoms with Crippen LogP contribution in [0.15, 0.2) is 0 Å². The molecule has 0 spiro atoms. The van der Waals surface area contributed by atoms with Crippen LogP contribution < -0.4 is 0 Å². The molecule has 0 saturated carbocycles. The predicted octanol–water partition coefficient (Wildman–Crippen LogP) is 5.70. The van der Waals surface area contributed by atoms with Gasteiger partial charge in [-0.25, -0.2) is 0 Å². The molecule has 0 saturated heterocycles. The van der Waals surface area contributed by atoms with E-state index in [1.807, 2.05) is 0 Å². The number of hydrogen-bond donors (Lipinski definition) is 0. The predicted molar refractivity (Wildman–Crippen MR) is 83.5 cm³/mol. The lowest BCUT2D eigenvalue weighted by Gasteiger charge is -2.33. The third kappa shape index (κ3) is 9.45. The molecule has 0 radical (unpaired) electrons. The maximum absolute atomic E-state index is 6.01. The van der Waals surface area contributed by atoms with Gasteiger partial charge in [-0.1, -0.05) is 52.4 Å². The van der Waals surface area contributed by atoms with E-state index in [1.54, 1.807) is 0 Å². The summed E-state index contributed by atoms with van der Waals surface area (Å²) >= 11 is 0. The van der Waals surface area contributed by atoms with E-state index in [1.165, 1.54) is 51.4 Å². The van der Waals surface area contributed by atoms with E-state index >= 15 is 0 Å². The van der Waals surface area contributed by atoms with Crippen LogP contribution in [-0.4, -0.2) is 19.0 Å². The molecule has 0 rings (SSSR count). The van der Waals surface area contributed by atoms with Crippen LogP contribution in [0.2, 0.25) is 0 Å². The lowest BCUT2D eigenvalue weighted by Crippen LogP contribution is -2.36. The summed E-state index contributed by atoms with van der Waals surface area (Å²) in [5.74, 6) is -0.301. The highest BCUT2D eigenvalue weighted by atomic mass is 16.7. The molecule has 0 aliphatic heterocycles. The van der Waals surface area contributed by atoms with E-state index in [0.717, 1.165) is 26.1 Å². The Hall–Kier alpha value is -0.0800. The van der Waals surface area contributed by atoms with Gasteiger partial charge in [0.2, 0.25) is 0 Å². The van der Waals surface area contributed by atoms with Crippen molar-refractivity contribution in [3.63, 3.8) is 0 Å². The summed E-state index contributed by atoms with van der Waals surface area (Å²) in [7, 11) is 0. The molecule has 0 aliphatic rings. The van der Waals surface area contributed by atoms with E-state index < -0.39 is 0 Å². The molecule has 0 aromatic rings. The number of hydrogen-bond acceptors (Lipinski definition) is 2. The first-order chi connectivity index (χ1) is 9.24. The third-order valence-electron chi connectivity index (χ3n) is 3.64. The molecule has 19 heavy (non-hydrogen) atoms. The fraction of sp³-hybridized carbons (Fsp3) is 1.00. The smallest absolute Gasteiger partial charge is 0.168 e. The molecule has 0 aliphatic carbocycles. The van der Waals surface area contributed by atoms with Crippen molar-refractivity contribution in [1.29, 1.82) is 0 Å². The van der Waals surface area contributed by atoms with Crippen molar-refractivity contribution in [3.8, 4) is 0 Å². The largest absolute Gasteiger partial charge is 0.350 e. The lowest BCUT2D eigenvalue weighted by molar-refractivity contribution is -0.242. The van der Waals surface area contributed by atoms with Gasteiger partial charge < -0.3 is 9.47 Å². The first-order valence-electron chi connectivity index (χ1n) is 8.52. The minimum atomic E-state index is -0.301. The van der Waals surface area contributed by atoms with Gasteiger partial charge in [0.1, 0.15) is 0 Å². The van der Waals surface area contributed by atoms with Crippen LogP contribution in [0.5, 0.6) is 0 Å². The van der Waals surface area contributed by atoms with Crippen LogP contribution in [-0.2, 0) is 9.47 Å². The molecule has 0 amide bonds. The molecule has 0 aromatic heterocycles. The molecule has 0 fully saturated rings. The Labute approximate surface area is 121 Å². The Morgan fingerprint density at radius 2 is 1.00 bits per heavy atom. The van der Waals surface area contributed by atoms with Gasteiger partial charge in [-0.3, -0.25) is 0 Å². The third-order valence-corrected chi connectivity index (χ3v) is 3.64. The quantitative estimate of drug-likeness (QED) is 0.298. The second-order valence-corrected chi connectivity index (χ2v) is 5.40. The molecule has 0 atom stereocenters. The number of ether oxygens (including phenoxy) is 2. The monoisotopic (exact) mass is 272 g/mol. The van der Waals surface area contributed by atoms with E-state index in [9.17, 15) is 0 Å². The first-order valence-corrected chi connectivity index (χ1v) is 8.52. The molecule has 2 heteroatoms. The van der Waals surface area contributed by atoms with Gasteiger partial charge in [0, 0.05) is 26.1 Å². The molecule has 0 unspecified atom stereocenters. The summed E-state index contributed by atoms with van der Waals surface area (Å²) in [6, 6.07) is 0. The molecule has 116 valence electrons. The molecule has 0 bridgehead atoms. The van der Waals surface area contributed by atoms with Crippen molar-refractivity contribution < 1.29 is 9.47 Å².